The van der Waals surface area contributed by atoms with Gasteiger partial charge in [0.15, 0.2) is 0 Å². The highest BCUT2D eigenvalue weighted by molar-refractivity contribution is 6.27. The molecule has 0 spiro atoms. The fraction of sp³-hybridized carbons (Fsp3) is 0.364. The van der Waals surface area contributed by atoms with E-state index in [9.17, 15) is 4.79 Å². The van der Waals surface area contributed by atoms with Crippen LogP contribution in [0.3, 0.4) is 0 Å². The van der Waals surface area contributed by atoms with Crippen LogP contribution in [0.5, 0.6) is 0 Å². The summed E-state index contributed by atoms with van der Waals surface area (Å²) in [5.41, 5.74) is 2.29. The van der Waals surface area contributed by atoms with Gasteiger partial charge in [-0.25, -0.2) is 0 Å². The average Bonchev–Trinajstić information content (AvgIpc) is 2.17. The fourth-order valence-electron chi connectivity index (χ4n) is 1.30. The smallest absolute Gasteiger partial charge is 0.235 e. The predicted molar refractivity (Wildman–Crippen MR) is 58.5 cm³/mol. The largest absolute Gasteiger partial charge is 0.349 e. The van der Waals surface area contributed by atoms with Crippen molar-refractivity contribution in [3.8, 4) is 0 Å². The third-order valence-electron chi connectivity index (χ3n) is 2.04. The number of rotatable bonds is 3. The second-order valence-electron chi connectivity index (χ2n) is 3.34. The van der Waals surface area contributed by atoms with Crippen LogP contribution < -0.4 is 5.32 Å². The van der Waals surface area contributed by atoms with Crippen molar-refractivity contribution < 1.29 is 4.79 Å². The Labute approximate surface area is 89.3 Å². The van der Waals surface area contributed by atoms with Crippen molar-refractivity contribution in [2.75, 3.05) is 5.88 Å². The monoisotopic (exact) mass is 211 g/mol. The quantitative estimate of drug-likeness (QED) is 0.765. The highest BCUT2D eigenvalue weighted by Gasteiger charge is 2.07. The number of benzene rings is 1. The van der Waals surface area contributed by atoms with E-state index in [4.69, 9.17) is 11.6 Å². The molecule has 0 unspecified atom stereocenters. The predicted octanol–water partition coefficient (Wildman–Crippen LogP) is 2.41. The Balaban J connectivity index is 2.69. The first-order valence-corrected chi connectivity index (χ1v) is 5.09. The summed E-state index contributed by atoms with van der Waals surface area (Å²) in [4.78, 5) is 11.0. The summed E-state index contributed by atoms with van der Waals surface area (Å²) in [5, 5.41) is 2.80. The number of hydrogen-bond acceptors (Lipinski definition) is 1. The summed E-state index contributed by atoms with van der Waals surface area (Å²) in [5.74, 6) is -0.128. The molecule has 0 bridgehead atoms. The fourth-order valence-corrected chi connectivity index (χ4v) is 1.38. The molecule has 0 radical (unpaired) electrons. The molecule has 76 valence electrons. The van der Waals surface area contributed by atoms with Crippen LogP contribution in [0.4, 0.5) is 0 Å². The topological polar surface area (TPSA) is 29.1 Å². The van der Waals surface area contributed by atoms with Gasteiger partial charge < -0.3 is 5.32 Å². The summed E-state index contributed by atoms with van der Waals surface area (Å²) in [6, 6.07) is 8.07. The lowest BCUT2D eigenvalue weighted by atomic mass is 10.1. The van der Waals surface area contributed by atoms with Crippen molar-refractivity contribution in [3.63, 3.8) is 0 Å². The summed E-state index contributed by atoms with van der Waals surface area (Å²) < 4.78 is 0. The van der Waals surface area contributed by atoms with Gasteiger partial charge in [-0.15, -0.1) is 11.6 Å². The molecule has 0 saturated heterocycles. The van der Waals surface area contributed by atoms with Gasteiger partial charge in [-0.2, -0.15) is 0 Å². The molecule has 1 rings (SSSR count). The lowest BCUT2D eigenvalue weighted by Gasteiger charge is -2.13. The zero-order chi connectivity index (χ0) is 10.6. The van der Waals surface area contributed by atoms with Crippen LogP contribution in [0.2, 0.25) is 0 Å². The zero-order valence-corrected chi connectivity index (χ0v) is 9.14. The van der Waals surface area contributed by atoms with Crippen molar-refractivity contribution in [2.24, 2.45) is 0 Å². The van der Waals surface area contributed by atoms with Crippen molar-refractivity contribution >= 4 is 17.5 Å². The van der Waals surface area contributed by atoms with E-state index in [0.717, 1.165) is 5.56 Å². The number of carbonyl (C=O) groups is 1. The molecule has 3 heteroatoms. The molecule has 1 aromatic rings. The van der Waals surface area contributed by atoms with E-state index in [1.165, 1.54) is 5.56 Å². The Hall–Kier alpha value is -1.02. The average molecular weight is 212 g/mol. The van der Waals surface area contributed by atoms with Crippen molar-refractivity contribution in [1.82, 2.24) is 5.32 Å². The maximum Gasteiger partial charge on any atom is 0.235 e. The first kappa shape index (κ1) is 11.1. The number of carbonyl (C=O) groups excluding carboxylic acids is 1. The summed E-state index contributed by atoms with van der Waals surface area (Å²) >= 11 is 5.40. The molecule has 0 aliphatic rings. The van der Waals surface area contributed by atoms with Gasteiger partial charge >= 0.3 is 0 Å². The second kappa shape index (κ2) is 5.01. The van der Waals surface area contributed by atoms with Crippen LogP contribution in [0, 0.1) is 6.92 Å². The van der Waals surface area contributed by atoms with Gasteiger partial charge in [0.25, 0.3) is 0 Å². The minimum atomic E-state index is -0.138. The van der Waals surface area contributed by atoms with E-state index < -0.39 is 0 Å². The number of halogens is 1. The van der Waals surface area contributed by atoms with Gasteiger partial charge in [-0.05, 0) is 19.4 Å². The Morgan fingerprint density at radius 3 is 2.86 bits per heavy atom. The Morgan fingerprint density at radius 1 is 1.57 bits per heavy atom. The highest BCUT2D eigenvalue weighted by Crippen LogP contribution is 2.13. The van der Waals surface area contributed by atoms with E-state index >= 15 is 0 Å². The maximum absolute atomic E-state index is 11.0. The number of alkyl halides is 1. The number of hydrogen-bond donors (Lipinski definition) is 1. The van der Waals surface area contributed by atoms with Crippen molar-refractivity contribution in [2.45, 2.75) is 19.9 Å². The third-order valence-corrected chi connectivity index (χ3v) is 2.28. The van der Waals surface area contributed by atoms with Gasteiger partial charge in [0, 0.05) is 0 Å². The number of nitrogens with one attached hydrogen (secondary N) is 1. The van der Waals surface area contributed by atoms with Crippen molar-refractivity contribution in [1.29, 1.82) is 0 Å². The zero-order valence-electron chi connectivity index (χ0n) is 8.38. The first-order valence-electron chi connectivity index (χ1n) is 4.55. The molecular weight excluding hydrogens is 198 g/mol. The van der Waals surface area contributed by atoms with Crippen molar-refractivity contribution in [3.05, 3.63) is 35.4 Å². The van der Waals surface area contributed by atoms with Crippen LogP contribution in [-0.4, -0.2) is 11.8 Å². The van der Waals surface area contributed by atoms with Crippen LogP contribution in [0.15, 0.2) is 24.3 Å². The molecular formula is C11H14ClNO. The summed E-state index contributed by atoms with van der Waals surface area (Å²) in [7, 11) is 0. The third kappa shape index (κ3) is 3.04. The molecule has 0 saturated carbocycles. The Bertz CT molecular complexity index is 325. The van der Waals surface area contributed by atoms with Crippen LogP contribution in [0.25, 0.3) is 0 Å². The van der Waals surface area contributed by atoms with Gasteiger partial charge in [0.05, 0.1) is 6.04 Å². The molecule has 1 amide bonds. The van der Waals surface area contributed by atoms with E-state index in [1.807, 2.05) is 32.0 Å². The molecule has 0 fully saturated rings. The first-order chi connectivity index (χ1) is 6.63. The molecule has 0 aromatic heterocycles. The van der Waals surface area contributed by atoms with Crippen LogP contribution in [-0.2, 0) is 4.79 Å². The minimum absolute atomic E-state index is 0.0101. The van der Waals surface area contributed by atoms with E-state index in [2.05, 4.69) is 11.4 Å². The molecule has 0 heterocycles. The lowest BCUT2D eigenvalue weighted by molar-refractivity contribution is -0.119. The van der Waals surface area contributed by atoms with Crippen LogP contribution >= 0.6 is 11.6 Å². The minimum Gasteiger partial charge on any atom is -0.349 e. The molecule has 1 N–H and O–H groups in total. The Morgan fingerprint density at radius 2 is 2.29 bits per heavy atom. The molecule has 14 heavy (non-hydrogen) atoms. The highest BCUT2D eigenvalue weighted by atomic mass is 35.5. The summed E-state index contributed by atoms with van der Waals surface area (Å²) in [6.07, 6.45) is 0. The van der Waals surface area contributed by atoms with Gasteiger partial charge in [-0.3, -0.25) is 4.79 Å². The lowest BCUT2D eigenvalue weighted by Crippen LogP contribution is -2.27. The molecule has 1 atom stereocenters. The maximum atomic E-state index is 11.0. The van der Waals surface area contributed by atoms with Gasteiger partial charge in [0.1, 0.15) is 5.88 Å². The summed E-state index contributed by atoms with van der Waals surface area (Å²) in [6.45, 7) is 3.97. The number of amides is 1. The number of aryl methyl sites for hydroxylation is 1. The molecule has 0 aliphatic carbocycles. The van der Waals surface area contributed by atoms with E-state index in [-0.39, 0.29) is 17.8 Å². The van der Waals surface area contributed by atoms with E-state index in [0.29, 0.717) is 0 Å². The SMILES string of the molecule is Cc1cccc([C@@H](C)NC(=O)CCl)c1. The molecule has 2 nitrogen and oxygen atoms in total. The molecule has 0 aliphatic heterocycles. The normalized spacial score (nSPS) is 12.2. The Kier molecular flexibility index (Phi) is 3.96. The second-order valence-corrected chi connectivity index (χ2v) is 3.60. The standard InChI is InChI=1S/C11H14ClNO/c1-8-4-3-5-10(6-8)9(2)13-11(14)7-12/h3-6,9H,7H2,1-2H3,(H,13,14)/t9-/m1/s1. The van der Waals surface area contributed by atoms with Gasteiger partial charge in [-0.1, -0.05) is 29.8 Å². The molecule has 1 aromatic carbocycles. The van der Waals surface area contributed by atoms with Gasteiger partial charge in [0.2, 0.25) is 5.91 Å². The van der Waals surface area contributed by atoms with Crippen LogP contribution in [0.1, 0.15) is 24.1 Å². The van der Waals surface area contributed by atoms with E-state index in [1.54, 1.807) is 0 Å².